The molecule has 90 valence electrons. The molecular weight excluding hydrogens is 230 g/mol. The Bertz CT molecular complexity index is 649. The molecule has 0 saturated carbocycles. The lowest BCUT2D eigenvalue weighted by Gasteiger charge is -2.03. The summed E-state index contributed by atoms with van der Waals surface area (Å²) in [6.07, 6.45) is 0.596. The summed E-state index contributed by atoms with van der Waals surface area (Å²) in [5, 5.41) is 11.0. The smallest absolute Gasteiger partial charge is 0.273 e. The van der Waals surface area contributed by atoms with Gasteiger partial charge in [0.1, 0.15) is 5.75 Å². The van der Waals surface area contributed by atoms with Crippen LogP contribution in [-0.2, 0) is 6.42 Å². The Labute approximate surface area is 104 Å². The number of nitro groups is 1. The minimum Gasteiger partial charge on any atom is -0.497 e. The van der Waals surface area contributed by atoms with Gasteiger partial charge in [-0.05, 0) is 28.8 Å². The van der Waals surface area contributed by atoms with Gasteiger partial charge in [-0.1, -0.05) is 18.2 Å². The van der Waals surface area contributed by atoms with E-state index in [-0.39, 0.29) is 10.6 Å². The van der Waals surface area contributed by atoms with Crippen molar-refractivity contribution in [1.29, 1.82) is 0 Å². The highest BCUT2D eigenvalue weighted by Crippen LogP contribution is 2.41. The second-order valence-electron chi connectivity index (χ2n) is 4.26. The third-order valence-electron chi connectivity index (χ3n) is 3.32. The zero-order valence-corrected chi connectivity index (χ0v) is 9.84. The van der Waals surface area contributed by atoms with Crippen molar-refractivity contribution in [2.45, 2.75) is 6.42 Å². The van der Waals surface area contributed by atoms with Crippen LogP contribution in [0.4, 0.5) is 5.69 Å². The van der Waals surface area contributed by atoms with E-state index in [0.717, 1.165) is 28.0 Å². The Morgan fingerprint density at radius 2 is 2.06 bits per heavy atom. The highest BCUT2D eigenvalue weighted by atomic mass is 16.6. The zero-order valence-electron chi connectivity index (χ0n) is 9.84. The molecule has 0 heterocycles. The summed E-state index contributed by atoms with van der Waals surface area (Å²) >= 11 is 0. The fraction of sp³-hybridized carbons (Fsp3) is 0.143. The van der Waals surface area contributed by atoms with Gasteiger partial charge in [0.25, 0.3) is 5.69 Å². The van der Waals surface area contributed by atoms with E-state index in [1.165, 1.54) is 0 Å². The van der Waals surface area contributed by atoms with Gasteiger partial charge in [0.05, 0.1) is 12.0 Å². The molecule has 18 heavy (non-hydrogen) atoms. The molecule has 2 aromatic rings. The molecule has 4 heteroatoms. The van der Waals surface area contributed by atoms with E-state index in [4.69, 9.17) is 4.74 Å². The van der Waals surface area contributed by atoms with Gasteiger partial charge in [-0.3, -0.25) is 10.1 Å². The van der Waals surface area contributed by atoms with Gasteiger partial charge in [0.2, 0.25) is 0 Å². The maximum Gasteiger partial charge on any atom is 0.273 e. The normalized spacial score (nSPS) is 11.8. The van der Waals surface area contributed by atoms with Crippen molar-refractivity contribution in [3.8, 4) is 16.9 Å². The van der Waals surface area contributed by atoms with Gasteiger partial charge in [-0.15, -0.1) is 0 Å². The van der Waals surface area contributed by atoms with E-state index in [1.54, 1.807) is 19.2 Å². The summed E-state index contributed by atoms with van der Waals surface area (Å²) in [6, 6.07) is 11.0. The quantitative estimate of drug-likeness (QED) is 0.511. The summed E-state index contributed by atoms with van der Waals surface area (Å²) in [6.45, 7) is 0. The first-order valence-corrected chi connectivity index (χ1v) is 5.64. The Hall–Kier alpha value is -2.36. The molecule has 4 nitrogen and oxygen atoms in total. The van der Waals surface area contributed by atoms with Crippen LogP contribution in [0.3, 0.4) is 0 Å². The molecule has 0 unspecified atom stereocenters. The van der Waals surface area contributed by atoms with E-state index in [0.29, 0.717) is 6.42 Å². The molecule has 0 spiro atoms. The molecule has 0 amide bonds. The van der Waals surface area contributed by atoms with Crippen LogP contribution >= 0.6 is 0 Å². The molecule has 1 aliphatic rings. The van der Waals surface area contributed by atoms with Gasteiger partial charge < -0.3 is 4.74 Å². The third-order valence-corrected chi connectivity index (χ3v) is 3.32. The second kappa shape index (κ2) is 3.84. The van der Waals surface area contributed by atoms with Crippen molar-refractivity contribution in [2.75, 3.05) is 7.11 Å². The number of fused-ring (bicyclic) bond motifs is 3. The molecule has 0 radical (unpaired) electrons. The number of hydrogen-bond acceptors (Lipinski definition) is 3. The molecule has 0 atom stereocenters. The zero-order chi connectivity index (χ0) is 12.7. The van der Waals surface area contributed by atoms with E-state index < -0.39 is 0 Å². The van der Waals surface area contributed by atoms with Crippen molar-refractivity contribution >= 4 is 5.69 Å². The Morgan fingerprint density at radius 3 is 2.78 bits per heavy atom. The molecule has 3 rings (SSSR count). The third kappa shape index (κ3) is 1.46. The number of benzene rings is 2. The molecule has 1 aliphatic carbocycles. The van der Waals surface area contributed by atoms with Crippen LogP contribution < -0.4 is 4.74 Å². The van der Waals surface area contributed by atoms with Crippen LogP contribution in [0.2, 0.25) is 0 Å². The molecule has 0 N–H and O–H groups in total. The van der Waals surface area contributed by atoms with E-state index in [1.807, 2.05) is 24.3 Å². The van der Waals surface area contributed by atoms with Crippen LogP contribution in [0.25, 0.3) is 11.1 Å². The SMILES string of the molecule is COc1ccc2c(c1)Cc1c-2cccc1[N+](=O)[O-]. The average Bonchev–Trinajstić information content (AvgIpc) is 2.75. The number of nitrogens with zero attached hydrogens (tertiary/aromatic N) is 1. The first-order valence-electron chi connectivity index (χ1n) is 5.64. The molecule has 0 saturated heterocycles. The second-order valence-corrected chi connectivity index (χ2v) is 4.26. The first kappa shape index (κ1) is 10.8. The van der Waals surface area contributed by atoms with Gasteiger partial charge in [-0.2, -0.15) is 0 Å². The largest absolute Gasteiger partial charge is 0.497 e. The molecule has 0 bridgehead atoms. The minimum atomic E-state index is -0.318. The van der Waals surface area contributed by atoms with Gasteiger partial charge in [0.15, 0.2) is 0 Å². The first-order chi connectivity index (χ1) is 8.70. The maximum atomic E-state index is 11.0. The molecule has 0 fully saturated rings. The monoisotopic (exact) mass is 241 g/mol. The maximum absolute atomic E-state index is 11.0. The molecular formula is C14H11NO3. The van der Waals surface area contributed by atoms with Crippen molar-refractivity contribution in [2.24, 2.45) is 0 Å². The lowest BCUT2D eigenvalue weighted by atomic mass is 10.1. The number of rotatable bonds is 2. The van der Waals surface area contributed by atoms with Crippen molar-refractivity contribution < 1.29 is 9.66 Å². The predicted molar refractivity (Wildman–Crippen MR) is 67.9 cm³/mol. The van der Waals surface area contributed by atoms with Gasteiger partial charge in [-0.25, -0.2) is 0 Å². The van der Waals surface area contributed by atoms with E-state index in [2.05, 4.69) is 0 Å². The Morgan fingerprint density at radius 1 is 1.22 bits per heavy atom. The number of ether oxygens (including phenoxy) is 1. The molecule has 2 aromatic carbocycles. The predicted octanol–water partition coefficient (Wildman–Crippen LogP) is 3.17. The van der Waals surface area contributed by atoms with Gasteiger partial charge >= 0.3 is 0 Å². The van der Waals surface area contributed by atoms with Crippen LogP contribution in [0.1, 0.15) is 11.1 Å². The topological polar surface area (TPSA) is 52.4 Å². The lowest BCUT2D eigenvalue weighted by Crippen LogP contribution is -1.93. The summed E-state index contributed by atoms with van der Waals surface area (Å²) in [4.78, 5) is 10.7. The lowest BCUT2D eigenvalue weighted by molar-refractivity contribution is -0.385. The molecule has 0 aliphatic heterocycles. The van der Waals surface area contributed by atoms with Gasteiger partial charge in [0, 0.05) is 18.1 Å². The number of hydrogen-bond donors (Lipinski definition) is 0. The summed E-state index contributed by atoms with van der Waals surface area (Å²) in [5.74, 6) is 0.782. The summed E-state index contributed by atoms with van der Waals surface area (Å²) < 4.78 is 5.18. The van der Waals surface area contributed by atoms with Crippen LogP contribution in [-0.4, -0.2) is 12.0 Å². The minimum absolute atomic E-state index is 0.197. The number of nitro benzene ring substituents is 1. The van der Waals surface area contributed by atoms with E-state index in [9.17, 15) is 10.1 Å². The molecule has 0 aromatic heterocycles. The fourth-order valence-corrected chi connectivity index (χ4v) is 2.48. The fourth-order valence-electron chi connectivity index (χ4n) is 2.48. The Balaban J connectivity index is 2.18. The van der Waals surface area contributed by atoms with Crippen molar-refractivity contribution in [1.82, 2.24) is 0 Å². The highest BCUT2D eigenvalue weighted by Gasteiger charge is 2.26. The van der Waals surface area contributed by atoms with E-state index >= 15 is 0 Å². The average molecular weight is 241 g/mol. The summed E-state index contributed by atoms with van der Waals surface area (Å²) in [5.41, 5.74) is 4.10. The Kier molecular flexibility index (Phi) is 2.30. The number of methoxy groups -OCH3 is 1. The summed E-state index contributed by atoms with van der Waals surface area (Å²) in [7, 11) is 1.62. The van der Waals surface area contributed by atoms with Crippen LogP contribution in [0.5, 0.6) is 5.75 Å². The van der Waals surface area contributed by atoms with Crippen molar-refractivity contribution in [3.63, 3.8) is 0 Å². The van der Waals surface area contributed by atoms with Crippen LogP contribution in [0.15, 0.2) is 36.4 Å². The highest BCUT2D eigenvalue weighted by molar-refractivity contribution is 5.80. The standard InChI is InChI=1S/C14H11NO3/c1-18-10-5-6-11-9(7-10)8-13-12(11)3-2-4-14(13)15(16)17/h2-7H,8H2,1H3. The van der Waals surface area contributed by atoms with Crippen LogP contribution in [0, 0.1) is 10.1 Å². The van der Waals surface area contributed by atoms with Crippen molar-refractivity contribution in [3.05, 3.63) is 57.6 Å².